The molecule has 0 bridgehead atoms. The lowest BCUT2D eigenvalue weighted by atomic mass is 10.1. The number of carbonyl (C=O) groups is 2. The number of hydrogen-bond acceptors (Lipinski definition) is 3. The zero-order valence-corrected chi connectivity index (χ0v) is 9.92. The monoisotopic (exact) mass is 238 g/mol. The molecule has 3 nitrogen and oxygen atoms in total. The van der Waals surface area contributed by atoms with Gasteiger partial charge in [-0.3, -0.25) is 9.59 Å². The van der Waals surface area contributed by atoms with E-state index in [0.29, 0.717) is 18.4 Å². The molecule has 0 aliphatic carbocycles. The highest BCUT2D eigenvalue weighted by Crippen LogP contribution is 2.17. The largest absolute Gasteiger partial charge is 0.481 e. The van der Waals surface area contributed by atoms with Crippen molar-refractivity contribution < 1.29 is 14.7 Å². The van der Waals surface area contributed by atoms with Gasteiger partial charge in [-0.05, 0) is 24.8 Å². The van der Waals surface area contributed by atoms with E-state index in [1.807, 2.05) is 24.5 Å². The Labute approximate surface area is 98.9 Å². The Kier molecular flexibility index (Phi) is 5.05. The summed E-state index contributed by atoms with van der Waals surface area (Å²) in [4.78, 5) is 23.0. The Morgan fingerprint density at radius 1 is 1.31 bits per heavy atom. The van der Waals surface area contributed by atoms with Crippen molar-refractivity contribution in [2.75, 3.05) is 6.26 Å². The van der Waals surface area contributed by atoms with Gasteiger partial charge in [0.1, 0.15) is 0 Å². The maximum absolute atomic E-state index is 11.7. The van der Waals surface area contributed by atoms with Gasteiger partial charge < -0.3 is 5.11 Å². The molecule has 0 aliphatic heterocycles. The quantitative estimate of drug-likeness (QED) is 0.611. The Hall–Kier alpha value is -1.29. The molecule has 0 atom stereocenters. The lowest BCUT2D eigenvalue weighted by molar-refractivity contribution is -0.137. The second-order valence-corrected chi connectivity index (χ2v) is 4.28. The van der Waals surface area contributed by atoms with Crippen LogP contribution in [0.5, 0.6) is 0 Å². The number of carboxylic acid groups (broad SMARTS) is 1. The molecule has 1 aromatic carbocycles. The second-order valence-electron chi connectivity index (χ2n) is 3.40. The fourth-order valence-corrected chi connectivity index (χ4v) is 1.80. The van der Waals surface area contributed by atoms with Crippen LogP contribution in [0.3, 0.4) is 0 Å². The van der Waals surface area contributed by atoms with Crippen molar-refractivity contribution >= 4 is 23.5 Å². The van der Waals surface area contributed by atoms with Gasteiger partial charge in [-0.15, -0.1) is 11.8 Å². The molecule has 1 rings (SSSR count). The van der Waals surface area contributed by atoms with Crippen LogP contribution < -0.4 is 0 Å². The van der Waals surface area contributed by atoms with E-state index in [4.69, 9.17) is 5.11 Å². The number of thioether (sulfide) groups is 1. The molecule has 0 saturated carbocycles. The molecule has 16 heavy (non-hydrogen) atoms. The van der Waals surface area contributed by atoms with Crippen LogP contribution in [0.2, 0.25) is 0 Å². The van der Waals surface area contributed by atoms with Crippen LogP contribution in [0.15, 0.2) is 29.2 Å². The lowest BCUT2D eigenvalue weighted by Crippen LogP contribution is -2.01. The summed E-state index contributed by atoms with van der Waals surface area (Å²) < 4.78 is 0. The van der Waals surface area contributed by atoms with E-state index in [9.17, 15) is 9.59 Å². The van der Waals surface area contributed by atoms with Gasteiger partial charge in [-0.1, -0.05) is 12.1 Å². The number of Topliss-reactive ketones (excluding diaryl/α,β-unsaturated/α-hetero) is 1. The first-order valence-corrected chi connectivity index (χ1v) is 6.25. The zero-order valence-electron chi connectivity index (χ0n) is 9.10. The van der Waals surface area contributed by atoms with Crippen LogP contribution in [0.1, 0.15) is 29.6 Å². The van der Waals surface area contributed by atoms with E-state index < -0.39 is 5.97 Å². The van der Waals surface area contributed by atoms with Gasteiger partial charge in [0.2, 0.25) is 0 Å². The summed E-state index contributed by atoms with van der Waals surface area (Å²) in [5.41, 5.74) is 0.664. The molecule has 0 unspecified atom stereocenters. The normalized spacial score (nSPS) is 10.1. The molecule has 0 fully saturated rings. The molecule has 0 amide bonds. The summed E-state index contributed by atoms with van der Waals surface area (Å²) in [5, 5.41) is 8.46. The molecule has 0 aliphatic rings. The first-order chi connectivity index (χ1) is 7.63. The standard InChI is InChI=1S/C12H14O3S/c1-16-10-5-2-4-9(8-10)11(13)6-3-7-12(14)15/h2,4-5,8H,3,6-7H2,1H3,(H,14,15). The Balaban J connectivity index is 2.55. The number of aliphatic carboxylic acids is 1. The van der Waals surface area contributed by atoms with Crippen molar-refractivity contribution in [3.63, 3.8) is 0 Å². The van der Waals surface area contributed by atoms with Gasteiger partial charge in [-0.2, -0.15) is 0 Å². The van der Waals surface area contributed by atoms with Crippen LogP contribution in [0, 0.1) is 0 Å². The number of carboxylic acids is 1. The van der Waals surface area contributed by atoms with Crippen LogP contribution in [-0.4, -0.2) is 23.1 Å². The van der Waals surface area contributed by atoms with Gasteiger partial charge >= 0.3 is 5.97 Å². The molecule has 0 heterocycles. The van der Waals surface area contributed by atoms with E-state index in [1.54, 1.807) is 17.8 Å². The first-order valence-electron chi connectivity index (χ1n) is 5.02. The Morgan fingerprint density at radius 2 is 2.06 bits per heavy atom. The molecule has 0 saturated heterocycles. The van der Waals surface area contributed by atoms with Gasteiger partial charge in [0.15, 0.2) is 5.78 Å². The van der Waals surface area contributed by atoms with Crippen LogP contribution in [0.25, 0.3) is 0 Å². The van der Waals surface area contributed by atoms with Crippen molar-refractivity contribution in [2.45, 2.75) is 24.2 Å². The first kappa shape index (κ1) is 12.8. The zero-order chi connectivity index (χ0) is 12.0. The van der Waals surface area contributed by atoms with Gasteiger partial charge in [-0.25, -0.2) is 0 Å². The number of carbonyl (C=O) groups excluding carboxylic acids is 1. The van der Waals surface area contributed by atoms with Crippen molar-refractivity contribution in [3.8, 4) is 0 Å². The van der Waals surface area contributed by atoms with Gasteiger partial charge in [0.05, 0.1) is 0 Å². The third-order valence-corrected chi connectivity index (χ3v) is 2.91. The molecule has 0 radical (unpaired) electrons. The van der Waals surface area contributed by atoms with E-state index >= 15 is 0 Å². The van der Waals surface area contributed by atoms with E-state index in [2.05, 4.69) is 0 Å². The van der Waals surface area contributed by atoms with Crippen LogP contribution >= 0.6 is 11.8 Å². The fourth-order valence-electron chi connectivity index (χ4n) is 1.34. The minimum absolute atomic E-state index is 0.0113. The number of benzene rings is 1. The highest BCUT2D eigenvalue weighted by molar-refractivity contribution is 7.98. The molecule has 0 spiro atoms. The molecule has 4 heteroatoms. The maximum atomic E-state index is 11.7. The molecular formula is C12H14O3S. The lowest BCUT2D eigenvalue weighted by Gasteiger charge is -2.02. The average Bonchev–Trinajstić information content (AvgIpc) is 2.28. The number of ketones is 1. The van der Waals surface area contributed by atoms with Crippen molar-refractivity contribution in [1.29, 1.82) is 0 Å². The van der Waals surface area contributed by atoms with Crippen molar-refractivity contribution in [1.82, 2.24) is 0 Å². The van der Waals surface area contributed by atoms with Crippen molar-refractivity contribution in [3.05, 3.63) is 29.8 Å². The van der Waals surface area contributed by atoms with Crippen LogP contribution in [-0.2, 0) is 4.79 Å². The van der Waals surface area contributed by atoms with E-state index in [1.165, 1.54) is 0 Å². The predicted molar refractivity (Wildman–Crippen MR) is 64.0 cm³/mol. The summed E-state index contributed by atoms with van der Waals surface area (Å²) in [7, 11) is 0. The third kappa shape index (κ3) is 4.06. The Bertz CT molecular complexity index is 388. The third-order valence-electron chi connectivity index (χ3n) is 2.19. The summed E-state index contributed by atoms with van der Waals surface area (Å²) in [6, 6.07) is 7.39. The van der Waals surface area contributed by atoms with Crippen molar-refractivity contribution in [2.24, 2.45) is 0 Å². The molecular weight excluding hydrogens is 224 g/mol. The molecule has 1 aromatic rings. The molecule has 86 valence electrons. The van der Waals surface area contributed by atoms with E-state index in [-0.39, 0.29) is 12.2 Å². The highest BCUT2D eigenvalue weighted by Gasteiger charge is 2.07. The second kappa shape index (κ2) is 6.33. The summed E-state index contributed by atoms with van der Waals surface area (Å²) in [6.45, 7) is 0. The Morgan fingerprint density at radius 3 is 2.69 bits per heavy atom. The molecule has 1 N–H and O–H groups in total. The topological polar surface area (TPSA) is 54.4 Å². The highest BCUT2D eigenvalue weighted by atomic mass is 32.2. The number of rotatable bonds is 6. The molecule has 0 aromatic heterocycles. The van der Waals surface area contributed by atoms with Gasteiger partial charge in [0, 0.05) is 23.3 Å². The SMILES string of the molecule is CSc1cccc(C(=O)CCCC(=O)O)c1. The minimum atomic E-state index is -0.856. The maximum Gasteiger partial charge on any atom is 0.303 e. The predicted octanol–water partition coefficient (Wildman–Crippen LogP) is 2.85. The van der Waals surface area contributed by atoms with E-state index in [0.717, 1.165) is 4.90 Å². The average molecular weight is 238 g/mol. The fraction of sp³-hybridized carbons (Fsp3) is 0.333. The summed E-state index contributed by atoms with van der Waals surface area (Å²) in [6.07, 6.45) is 2.70. The summed E-state index contributed by atoms with van der Waals surface area (Å²) in [5.74, 6) is -0.845. The minimum Gasteiger partial charge on any atom is -0.481 e. The van der Waals surface area contributed by atoms with Gasteiger partial charge in [0.25, 0.3) is 0 Å². The van der Waals surface area contributed by atoms with Crippen LogP contribution in [0.4, 0.5) is 0 Å². The number of hydrogen-bond donors (Lipinski definition) is 1. The smallest absolute Gasteiger partial charge is 0.303 e. The summed E-state index contributed by atoms with van der Waals surface area (Å²) >= 11 is 1.58.